The van der Waals surface area contributed by atoms with E-state index in [-0.39, 0.29) is 11.3 Å². The monoisotopic (exact) mass is 232 g/mol. The van der Waals surface area contributed by atoms with Gasteiger partial charge in [0, 0.05) is 12.1 Å². The van der Waals surface area contributed by atoms with Crippen molar-refractivity contribution < 1.29 is 14.3 Å². The molecule has 0 amide bonds. The molecule has 17 heavy (non-hydrogen) atoms. The summed E-state index contributed by atoms with van der Waals surface area (Å²) >= 11 is 0. The van der Waals surface area contributed by atoms with Crippen LogP contribution in [-0.2, 0) is 6.54 Å². The topological polar surface area (TPSA) is 88.5 Å². The number of anilines is 2. The van der Waals surface area contributed by atoms with Crippen LogP contribution in [0.2, 0.25) is 0 Å². The molecule has 0 fully saturated rings. The number of hydrogen-bond acceptors (Lipinski definition) is 4. The first-order valence-corrected chi connectivity index (χ1v) is 5.05. The highest BCUT2D eigenvalue weighted by molar-refractivity contribution is 5.97. The SMILES string of the molecule is Nc1c(NCc2ccoc2)cccc1C(=O)O. The van der Waals surface area contributed by atoms with Gasteiger partial charge in [0.15, 0.2) is 0 Å². The second kappa shape index (κ2) is 4.61. The Labute approximate surface area is 97.9 Å². The van der Waals surface area contributed by atoms with E-state index in [2.05, 4.69) is 5.32 Å². The van der Waals surface area contributed by atoms with Gasteiger partial charge in [0.25, 0.3) is 0 Å². The number of benzene rings is 1. The van der Waals surface area contributed by atoms with Gasteiger partial charge in [0.1, 0.15) is 0 Å². The quantitative estimate of drug-likeness (QED) is 0.703. The van der Waals surface area contributed by atoms with E-state index in [1.54, 1.807) is 24.7 Å². The third-order valence-electron chi connectivity index (χ3n) is 2.40. The van der Waals surface area contributed by atoms with E-state index < -0.39 is 5.97 Å². The normalized spacial score (nSPS) is 10.1. The smallest absolute Gasteiger partial charge is 0.337 e. The average molecular weight is 232 g/mol. The largest absolute Gasteiger partial charge is 0.478 e. The van der Waals surface area contributed by atoms with Gasteiger partial charge in [0.05, 0.1) is 29.5 Å². The Morgan fingerprint density at radius 3 is 2.88 bits per heavy atom. The Morgan fingerprint density at radius 1 is 1.41 bits per heavy atom. The van der Waals surface area contributed by atoms with E-state index in [4.69, 9.17) is 15.3 Å². The van der Waals surface area contributed by atoms with Crippen LogP contribution in [0.4, 0.5) is 11.4 Å². The molecular weight excluding hydrogens is 220 g/mol. The van der Waals surface area contributed by atoms with Crippen LogP contribution < -0.4 is 11.1 Å². The molecule has 0 unspecified atom stereocenters. The molecule has 0 saturated carbocycles. The molecule has 0 radical (unpaired) electrons. The number of nitrogen functional groups attached to an aromatic ring is 1. The lowest BCUT2D eigenvalue weighted by Gasteiger charge is -2.10. The van der Waals surface area contributed by atoms with Crippen LogP contribution >= 0.6 is 0 Å². The molecule has 5 nitrogen and oxygen atoms in total. The summed E-state index contributed by atoms with van der Waals surface area (Å²) < 4.78 is 4.93. The van der Waals surface area contributed by atoms with E-state index in [0.29, 0.717) is 12.2 Å². The van der Waals surface area contributed by atoms with E-state index in [0.717, 1.165) is 5.56 Å². The third-order valence-corrected chi connectivity index (χ3v) is 2.40. The maximum absolute atomic E-state index is 10.9. The van der Waals surface area contributed by atoms with E-state index in [1.165, 1.54) is 6.07 Å². The highest BCUT2D eigenvalue weighted by atomic mass is 16.4. The van der Waals surface area contributed by atoms with Crippen molar-refractivity contribution in [2.24, 2.45) is 0 Å². The zero-order valence-electron chi connectivity index (χ0n) is 9.01. The first-order chi connectivity index (χ1) is 8.18. The number of hydrogen-bond donors (Lipinski definition) is 3. The first kappa shape index (κ1) is 11.1. The molecule has 0 aliphatic heterocycles. The molecule has 0 bridgehead atoms. The third kappa shape index (κ3) is 2.39. The van der Waals surface area contributed by atoms with Crippen LogP contribution in [0.15, 0.2) is 41.2 Å². The number of nitrogens with one attached hydrogen (secondary N) is 1. The van der Waals surface area contributed by atoms with Crippen molar-refractivity contribution in [2.45, 2.75) is 6.54 Å². The van der Waals surface area contributed by atoms with E-state index in [9.17, 15) is 4.79 Å². The molecule has 88 valence electrons. The summed E-state index contributed by atoms with van der Waals surface area (Å²) in [5.74, 6) is -1.03. The summed E-state index contributed by atoms with van der Waals surface area (Å²) in [6.07, 6.45) is 3.19. The van der Waals surface area contributed by atoms with Crippen molar-refractivity contribution in [3.63, 3.8) is 0 Å². The van der Waals surface area contributed by atoms with Gasteiger partial charge in [-0.3, -0.25) is 0 Å². The fourth-order valence-electron chi connectivity index (χ4n) is 1.50. The Hall–Kier alpha value is -2.43. The molecular formula is C12H12N2O3. The fourth-order valence-corrected chi connectivity index (χ4v) is 1.50. The van der Waals surface area contributed by atoms with Crippen LogP contribution in [0.3, 0.4) is 0 Å². The van der Waals surface area contributed by atoms with Crippen LogP contribution in [-0.4, -0.2) is 11.1 Å². The standard InChI is InChI=1S/C12H12N2O3/c13-11-9(12(15)16)2-1-3-10(11)14-6-8-4-5-17-7-8/h1-5,7,14H,6,13H2,(H,15,16). The van der Waals surface area contributed by atoms with E-state index >= 15 is 0 Å². The summed E-state index contributed by atoms with van der Waals surface area (Å²) in [5.41, 5.74) is 7.66. The second-order valence-electron chi connectivity index (χ2n) is 3.56. The number of rotatable bonds is 4. The minimum Gasteiger partial charge on any atom is -0.478 e. The molecule has 5 heteroatoms. The number of para-hydroxylation sites is 1. The van der Waals surface area contributed by atoms with Crippen LogP contribution in [0.5, 0.6) is 0 Å². The van der Waals surface area contributed by atoms with Crippen molar-refractivity contribution in [1.29, 1.82) is 0 Å². The molecule has 4 N–H and O–H groups in total. The minimum atomic E-state index is -1.03. The molecule has 2 rings (SSSR count). The predicted molar refractivity (Wildman–Crippen MR) is 63.8 cm³/mol. The summed E-state index contributed by atoms with van der Waals surface area (Å²) in [5, 5.41) is 12.0. The molecule has 1 aromatic heterocycles. The van der Waals surface area contributed by atoms with E-state index in [1.807, 2.05) is 6.07 Å². The van der Waals surface area contributed by atoms with Crippen molar-refractivity contribution >= 4 is 17.3 Å². The van der Waals surface area contributed by atoms with Crippen LogP contribution in [0, 0.1) is 0 Å². The van der Waals surface area contributed by atoms with Gasteiger partial charge in [-0.15, -0.1) is 0 Å². The van der Waals surface area contributed by atoms with Gasteiger partial charge in [-0.25, -0.2) is 4.79 Å². The van der Waals surface area contributed by atoms with Gasteiger partial charge in [0.2, 0.25) is 0 Å². The predicted octanol–water partition coefficient (Wildman–Crippen LogP) is 2.17. The average Bonchev–Trinajstić information content (AvgIpc) is 2.80. The molecule has 0 saturated heterocycles. The number of carboxylic acids is 1. The lowest BCUT2D eigenvalue weighted by atomic mass is 10.1. The van der Waals surface area contributed by atoms with Gasteiger partial charge >= 0.3 is 5.97 Å². The molecule has 0 spiro atoms. The lowest BCUT2D eigenvalue weighted by molar-refractivity contribution is 0.0698. The molecule has 1 heterocycles. The van der Waals surface area contributed by atoms with Gasteiger partial charge in [-0.1, -0.05) is 6.07 Å². The highest BCUT2D eigenvalue weighted by Gasteiger charge is 2.10. The number of carboxylic acid groups (broad SMARTS) is 1. The zero-order valence-corrected chi connectivity index (χ0v) is 9.01. The molecule has 0 aliphatic carbocycles. The van der Waals surface area contributed by atoms with Crippen molar-refractivity contribution in [3.8, 4) is 0 Å². The van der Waals surface area contributed by atoms with Crippen LogP contribution in [0.1, 0.15) is 15.9 Å². The lowest BCUT2D eigenvalue weighted by Crippen LogP contribution is -2.07. The molecule has 2 aromatic rings. The Balaban J connectivity index is 2.16. The summed E-state index contributed by atoms with van der Waals surface area (Å²) in [6, 6.07) is 6.68. The number of carbonyl (C=O) groups is 1. The van der Waals surface area contributed by atoms with Gasteiger partial charge in [-0.2, -0.15) is 0 Å². The summed E-state index contributed by atoms with van der Waals surface area (Å²) in [4.78, 5) is 10.9. The molecule has 0 atom stereocenters. The van der Waals surface area contributed by atoms with Gasteiger partial charge < -0.3 is 20.6 Å². The number of nitrogens with two attached hydrogens (primary N) is 1. The summed E-state index contributed by atoms with van der Waals surface area (Å²) in [7, 11) is 0. The maximum atomic E-state index is 10.9. The minimum absolute atomic E-state index is 0.0993. The molecule has 0 aliphatic rings. The second-order valence-corrected chi connectivity index (χ2v) is 3.56. The zero-order chi connectivity index (χ0) is 12.3. The Bertz CT molecular complexity index is 521. The number of furan rings is 1. The number of aromatic carboxylic acids is 1. The van der Waals surface area contributed by atoms with Crippen molar-refractivity contribution in [2.75, 3.05) is 11.1 Å². The van der Waals surface area contributed by atoms with Crippen molar-refractivity contribution in [3.05, 3.63) is 47.9 Å². The maximum Gasteiger partial charge on any atom is 0.337 e. The van der Waals surface area contributed by atoms with Crippen molar-refractivity contribution in [1.82, 2.24) is 0 Å². The Morgan fingerprint density at radius 2 is 2.24 bits per heavy atom. The first-order valence-electron chi connectivity index (χ1n) is 5.05. The summed E-state index contributed by atoms with van der Waals surface area (Å²) in [6.45, 7) is 0.532. The molecule has 1 aromatic carbocycles. The van der Waals surface area contributed by atoms with Crippen LogP contribution in [0.25, 0.3) is 0 Å². The van der Waals surface area contributed by atoms with Gasteiger partial charge in [-0.05, 0) is 18.2 Å². The Kier molecular flexibility index (Phi) is 3.00. The fraction of sp³-hybridized carbons (Fsp3) is 0.0833. The highest BCUT2D eigenvalue weighted by Crippen LogP contribution is 2.23.